The van der Waals surface area contributed by atoms with Gasteiger partial charge in [0.1, 0.15) is 5.82 Å². The molecule has 0 spiro atoms. The van der Waals surface area contributed by atoms with Crippen molar-refractivity contribution in [3.05, 3.63) is 35.7 Å². The Morgan fingerprint density at radius 2 is 1.91 bits per heavy atom. The topological polar surface area (TPSA) is 83.0 Å². The Kier molecular flexibility index (Phi) is 5.93. The number of carbonyl (C=O) groups is 1. The van der Waals surface area contributed by atoms with Crippen LogP contribution >= 0.6 is 11.6 Å². The SMILES string of the molecule is CC1(C(=O)Nc2ccc(NCC[C@@H]3C[C@@H]3C3CCN(c4ncc(Cl)cn4)CC3)cn2)CC1. The van der Waals surface area contributed by atoms with Gasteiger partial charge in [0.05, 0.1) is 29.3 Å². The average Bonchev–Trinajstić information content (AvgIpc) is 3.73. The van der Waals surface area contributed by atoms with Gasteiger partial charge in [0, 0.05) is 25.0 Å². The maximum absolute atomic E-state index is 12.1. The van der Waals surface area contributed by atoms with Crippen LogP contribution in [0.5, 0.6) is 0 Å². The lowest BCUT2D eigenvalue weighted by Crippen LogP contribution is -2.35. The van der Waals surface area contributed by atoms with Crippen LogP contribution in [-0.4, -0.2) is 40.5 Å². The number of pyridine rings is 1. The van der Waals surface area contributed by atoms with Gasteiger partial charge < -0.3 is 15.5 Å². The highest BCUT2D eigenvalue weighted by Gasteiger charge is 2.45. The lowest BCUT2D eigenvalue weighted by molar-refractivity contribution is -0.120. The molecule has 5 rings (SSSR count). The van der Waals surface area contributed by atoms with Gasteiger partial charge in [-0.15, -0.1) is 0 Å². The fraction of sp³-hybridized carbons (Fsp3) is 0.583. The highest BCUT2D eigenvalue weighted by molar-refractivity contribution is 6.30. The monoisotopic (exact) mass is 454 g/mol. The van der Waals surface area contributed by atoms with E-state index in [1.165, 1.54) is 25.7 Å². The number of nitrogens with one attached hydrogen (secondary N) is 2. The molecule has 0 aromatic carbocycles. The minimum absolute atomic E-state index is 0.0806. The molecule has 170 valence electrons. The highest BCUT2D eigenvalue weighted by Crippen LogP contribution is 2.50. The number of piperidine rings is 1. The summed E-state index contributed by atoms with van der Waals surface area (Å²) in [5, 5.41) is 6.99. The van der Waals surface area contributed by atoms with Crippen LogP contribution < -0.4 is 15.5 Å². The maximum Gasteiger partial charge on any atom is 0.231 e. The Hall–Kier alpha value is -2.41. The van der Waals surface area contributed by atoms with Crippen molar-refractivity contribution in [3.8, 4) is 0 Å². The molecule has 32 heavy (non-hydrogen) atoms. The molecule has 2 aromatic heterocycles. The van der Waals surface area contributed by atoms with Gasteiger partial charge in [0.25, 0.3) is 0 Å². The molecule has 2 atom stereocenters. The first-order valence-corrected chi connectivity index (χ1v) is 12.1. The quantitative estimate of drug-likeness (QED) is 0.605. The van der Waals surface area contributed by atoms with E-state index in [-0.39, 0.29) is 11.3 Å². The molecule has 1 amide bonds. The van der Waals surface area contributed by atoms with Crippen LogP contribution in [0.1, 0.15) is 45.4 Å². The minimum Gasteiger partial charge on any atom is -0.384 e. The van der Waals surface area contributed by atoms with Gasteiger partial charge in [0.15, 0.2) is 0 Å². The maximum atomic E-state index is 12.1. The summed E-state index contributed by atoms with van der Waals surface area (Å²) in [5.41, 5.74) is 0.828. The fourth-order valence-corrected chi connectivity index (χ4v) is 4.93. The summed E-state index contributed by atoms with van der Waals surface area (Å²) < 4.78 is 0. The molecular weight excluding hydrogens is 424 g/mol. The van der Waals surface area contributed by atoms with E-state index in [9.17, 15) is 4.79 Å². The highest BCUT2D eigenvalue weighted by atomic mass is 35.5. The number of hydrogen-bond donors (Lipinski definition) is 2. The number of halogens is 1. The van der Waals surface area contributed by atoms with Crippen LogP contribution in [0.3, 0.4) is 0 Å². The van der Waals surface area contributed by atoms with Crippen LogP contribution in [0.4, 0.5) is 17.5 Å². The van der Waals surface area contributed by atoms with Crippen LogP contribution in [0.25, 0.3) is 0 Å². The zero-order valence-corrected chi connectivity index (χ0v) is 19.3. The van der Waals surface area contributed by atoms with Crippen LogP contribution in [0, 0.1) is 23.2 Å². The number of carbonyl (C=O) groups excluding carboxylic acids is 1. The second-order valence-corrected chi connectivity index (χ2v) is 10.3. The first-order chi connectivity index (χ1) is 15.5. The van der Waals surface area contributed by atoms with Crippen LogP contribution in [-0.2, 0) is 4.79 Å². The molecule has 0 radical (unpaired) electrons. The van der Waals surface area contributed by atoms with Crippen molar-refractivity contribution in [2.75, 3.05) is 35.2 Å². The molecule has 2 saturated carbocycles. The number of rotatable bonds is 8. The number of nitrogens with zero attached hydrogens (tertiary/aromatic N) is 4. The Labute approximate surface area is 194 Å². The van der Waals surface area contributed by atoms with Crippen molar-refractivity contribution in [3.63, 3.8) is 0 Å². The molecule has 3 fully saturated rings. The Balaban J connectivity index is 1.00. The third-order valence-corrected chi connectivity index (χ3v) is 7.60. The second-order valence-electron chi connectivity index (χ2n) is 9.85. The van der Waals surface area contributed by atoms with Crippen LogP contribution in [0.2, 0.25) is 5.02 Å². The summed E-state index contributed by atoms with van der Waals surface area (Å²) >= 11 is 5.89. The van der Waals surface area contributed by atoms with E-state index in [4.69, 9.17) is 11.6 Å². The third kappa shape index (κ3) is 4.98. The number of anilines is 3. The molecular formula is C24H31ClN6O. The van der Waals surface area contributed by atoms with Gasteiger partial charge in [-0.3, -0.25) is 4.79 Å². The van der Waals surface area contributed by atoms with E-state index in [0.29, 0.717) is 10.8 Å². The number of hydrogen-bond acceptors (Lipinski definition) is 6. The van der Waals surface area contributed by atoms with Crippen molar-refractivity contribution in [1.82, 2.24) is 15.0 Å². The normalized spacial score (nSPS) is 24.1. The van der Waals surface area contributed by atoms with Gasteiger partial charge in [-0.05, 0) is 68.4 Å². The van der Waals surface area contributed by atoms with E-state index < -0.39 is 0 Å². The third-order valence-electron chi connectivity index (χ3n) is 7.41. The van der Waals surface area contributed by atoms with Crippen molar-refractivity contribution < 1.29 is 4.79 Å². The van der Waals surface area contributed by atoms with E-state index in [1.54, 1.807) is 12.4 Å². The predicted octanol–water partition coefficient (Wildman–Crippen LogP) is 4.62. The largest absolute Gasteiger partial charge is 0.384 e. The molecule has 0 unspecified atom stereocenters. The van der Waals surface area contributed by atoms with Gasteiger partial charge in [-0.2, -0.15) is 0 Å². The standard InChI is InChI=1S/C24H31ClN6O/c1-24(7-8-24)22(32)30-21-3-2-19(15-27-21)26-9-4-17-12-20(17)16-5-10-31(11-6-16)23-28-13-18(25)14-29-23/h2-3,13-17,20,26H,4-12H2,1H3,(H,27,30,32)/t17-,20-/m1/s1. The molecule has 2 N–H and O–H groups in total. The first-order valence-electron chi connectivity index (χ1n) is 11.7. The summed E-state index contributed by atoms with van der Waals surface area (Å²) in [5.74, 6) is 4.02. The molecule has 2 aliphatic carbocycles. The first kappa shape index (κ1) is 21.4. The van der Waals surface area contributed by atoms with Crippen LogP contribution in [0.15, 0.2) is 30.7 Å². The Bertz CT molecular complexity index is 938. The molecule has 3 aliphatic rings. The second kappa shape index (κ2) is 8.85. The van der Waals surface area contributed by atoms with Crippen molar-refractivity contribution in [2.24, 2.45) is 23.2 Å². The number of amides is 1. The summed E-state index contributed by atoms with van der Waals surface area (Å²) in [6.07, 6.45) is 12.1. The summed E-state index contributed by atoms with van der Waals surface area (Å²) in [6.45, 7) is 5.02. The van der Waals surface area contributed by atoms with Crippen molar-refractivity contribution >= 4 is 35.0 Å². The molecule has 1 saturated heterocycles. The molecule has 8 heteroatoms. The smallest absolute Gasteiger partial charge is 0.231 e. The summed E-state index contributed by atoms with van der Waals surface area (Å²) in [4.78, 5) is 27.5. The van der Waals surface area contributed by atoms with Gasteiger partial charge in [-0.1, -0.05) is 18.5 Å². The zero-order valence-electron chi connectivity index (χ0n) is 18.6. The average molecular weight is 455 g/mol. The van der Waals surface area contributed by atoms with E-state index in [2.05, 4.69) is 30.5 Å². The van der Waals surface area contributed by atoms with E-state index >= 15 is 0 Å². The molecule has 3 heterocycles. The summed E-state index contributed by atoms with van der Waals surface area (Å²) in [6, 6.07) is 3.88. The minimum atomic E-state index is -0.181. The lowest BCUT2D eigenvalue weighted by Gasteiger charge is -2.32. The van der Waals surface area contributed by atoms with Gasteiger partial charge in [-0.25, -0.2) is 15.0 Å². The van der Waals surface area contributed by atoms with Crippen molar-refractivity contribution in [1.29, 1.82) is 0 Å². The summed E-state index contributed by atoms with van der Waals surface area (Å²) in [7, 11) is 0. The lowest BCUT2D eigenvalue weighted by atomic mass is 9.90. The molecule has 2 aromatic rings. The molecule has 7 nitrogen and oxygen atoms in total. The molecule has 1 aliphatic heterocycles. The predicted molar refractivity (Wildman–Crippen MR) is 127 cm³/mol. The zero-order chi connectivity index (χ0) is 22.1. The Morgan fingerprint density at radius 1 is 1.16 bits per heavy atom. The van der Waals surface area contributed by atoms with Gasteiger partial charge >= 0.3 is 0 Å². The van der Waals surface area contributed by atoms with Crippen molar-refractivity contribution in [2.45, 2.75) is 45.4 Å². The van der Waals surface area contributed by atoms with E-state index in [1.807, 2.05) is 25.3 Å². The Morgan fingerprint density at radius 3 is 2.56 bits per heavy atom. The fourth-order valence-electron chi connectivity index (χ4n) is 4.83. The van der Waals surface area contributed by atoms with E-state index in [0.717, 1.165) is 61.9 Å². The number of aromatic nitrogens is 3. The molecule has 0 bridgehead atoms. The van der Waals surface area contributed by atoms with Gasteiger partial charge in [0.2, 0.25) is 11.9 Å².